The maximum absolute atomic E-state index is 6.06. The summed E-state index contributed by atoms with van der Waals surface area (Å²) >= 11 is 0. The third-order valence-corrected chi connectivity index (χ3v) is 3.85. The summed E-state index contributed by atoms with van der Waals surface area (Å²) in [5.74, 6) is 0.994. The fourth-order valence-corrected chi connectivity index (χ4v) is 2.58. The van der Waals surface area contributed by atoms with E-state index in [2.05, 4.69) is 31.2 Å². The van der Waals surface area contributed by atoms with E-state index in [4.69, 9.17) is 10.5 Å². The Morgan fingerprint density at radius 2 is 1.72 bits per heavy atom. The molecule has 0 saturated heterocycles. The molecule has 2 nitrogen and oxygen atoms in total. The van der Waals surface area contributed by atoms with Gasteiger partial charge in [-0.2, -0.15) is 0 Å². The van der Waals surface area contributed by atoms with Gasteiger partial charge in [0.05, 0.1) is 6.10 Å². The highest BCUT2D eigenvalue weighted by atomic mass is 16.5. The highest BCUT2D eigenvalue weighted by molar-refractivity contribution is 5.29. The van der Waals surface area contributed by atoms with Crippen LogP contribution in [0.3, 0.4) is 0 Å². The van der Waals surface area contributed by atoms with Gasteiger partial charge in [0.15, 0.2) is 0 Å². The van der Waals surface area contributed by atoms with Crippen LogP contribution in [0.5, 0.6) is 5.75 Å². The summed E-state index contributed by atoms with van der Waals surface area (Å²) in [6.45, 7) is 2.11. The largest absolute Gasteiger partial charge is 0.490 e. The zero-order valence-corrected chi connectivity index (χ0v) is 11.4. The standard InChI is InChI=1S/C16H25NO/c1-2-16(17)13-9-11-15(12-10-13)18-14-7-5-3-4-6-8-14/h9-12,14,16H,2-8,17H2,1H3/t16-/m1/s1. The average molecular weight is 247 g/mol. The minimum Gasteiger partial charge on any atom is -0.490 e. The molecule has 100 valence electrons. The molecule has 18 heavy (non-hydrogen) atoms. The molecule has 0 unspecified atom stereocenters. The zero-order chi connectivity index (χ0) is 12.8. The fraction of sp³-hybridized carbons (Fsp3) is 0.625. The minimum atomic E-state index is 0.150. The molecule has 0 aliphatic heterocycles. The van der Waals surface area contributed by atoms with Crippen molar-refractivity contribution in [2.45, 2.75) is 64.0 Å². The van der Waals surface area contributed by atoms with Crippen LogP contribution >= 0.6 is 0 Å². The Morgan fingerprint density at radius 3 is 2.28 bits per heavy atom. The monoisotopic (exact) mass is 247 g/mol. The molecule has 1 aliphatic carbocycles. The highest BCUT2D eigenvalue weighted by Gasteiger charge is 2.13. The molecule has 0 aromatic heterocycles. The molecule has 1 fully saturated rings. The first-order chi connectivity index (χ1) is 8.79. The maximum atomic E-state index is 6.06. The van der Waals surface area contributed by atoms with Crippen molar-refractivity contribution in [1.29, 1.82) is 0 Å². The molecule has 1 aliphatic rings. The lowest BCUT2D eigenvalue weighted by atomic mass is 10.1. The van der Waals surface area contributed by atoms with Gasteiger partial charge in [-0.3, -0.25) is 0 Å². The van der Waals surface area contributed by atoms with Crippen molar-refractivity contribution in [2.24, 2.45) is 5.73 Å². The molecule has 1 aromatic carbocycles. The lowest BCUT2D eigenvalue weighted by Gasteiger charge is -2.17. The predicted octanol–water partition coefficient (Wildman–Crippen LogP) is 4.20. The Labute approximate surface area is 111 Å². The van der Waals surface area contributed by atoms with E-state index >= 15 is 0 Å². The summed E-state index contributed by atoms with van der Waals surface area (Å²) < 4.78 is 6.06. The van der Waals surface area contributed by atoms with Crippen LogP contribution in [-0.4, -0.2) is 6.10 Å². The van der Waals surface area contributed by atoms with Crippen molar-refractivity contribution >= 4 is 0 Å². The van der Waals surface area contributed by atoms with E-state index in [0.717, 1.165) is 12.2 Å². The third-order valence-electron chi connectivity index (χ3n) is 3.85. The van der Waals surface area contributed by atoms with Crippen molar-refractivity contribution in [2.75, 3.05) is 0 Å². The Kier molecular flexibility index (Phi) is 5.06. The van der Waals surface area contributed by atoms with E-state index in [1.807, 2.05) is 0 Å². The van der Waals surface area contributed by atoms with Crippen LogP contribution in [0.25, 0.3) is 0 Å². The Bertz CT molecular complexity index is 339. The first kappa shape index (κ1) is 13.4. The van der Waals surface area contributed by atoms with Gasteiger partial charge in [-0.05, 0) is 49.8 Å². The Balaban J connectivity index is 1.92. The van der Waals surface area contributed by atoms with Crippen molar-refractivity contribution in [3.8, 4) is 5.75 Å². The van der Waals surface area contributed by atoms with Gasteiger partial charge in [-0.25, -0.2) is 0 Å². The molecule has 0 amide bonds. The molecule has 1 atom stereocenters. The summed E-state index contributed by atoms with van der Waals surface area (Å²) in [7, 11) is 0. The molecule has 0 spiro atoms. The number of nitrogens with two attached hydrogens (primary N) is 1. The Morgan fingerprint density at radius 1 is 1.11 bits per heavy atom. The molecule has 0 bridgehead atoms. The maximum Gasteiger partial charge on any atom is 0.119 e. The van der Waals surface area contributed by atoms with Crippen LogP contribution < -0.4 is 10.5 Å². The summed E-state index contributed by atoms with van der Waals surface area (Å²) in [6, 6.07) is 8.48. The number of hydrogen-bond donors (Lipinski definition) is 1. The molecular formula is C16H25NO. The highest BCUT2D eigenvalue weighted by Crippen LogP contribution is 2.24. The first-order valence-corrected chi connectivity index (χ1v) is 7.32. The van der Waals surface area contributed by atoms with Gasteiger partial charge in [0.2, 0.25) is 0 Å². The second-order valence-electron chi connectivity index (χ2n) is 5.32. The van der Waals surface area contributed by atoms with Crippen LogP contribution in [0, 0.1) is 0 Å². The van der Waals surface area contributed by atoms with E-state index in [-0.39, 0.29) is 6.04 Å². The topological polar surface area (TPSA) is 35.2 Å². The fourth-order valence-electron chi connectivity index (χ4n) is 2.58. The second kappa shape index (κ2) is 6.79. The molecule has 1 saturated carbocycles. The van der Waals surface area contributed by atoms with Gasteiger partial charge in [0, 0.05) is 6.04 Å². The van der Waals surface area contributed by atoms with Crippen LogP contribution in [-0.2, 0) is 0 Å². The average Bonchev–Trinajstić information content (AvgIpc) is 2.67. The summed E-state index contributed by atoms with van der Waals surface area (Å²) in [6.07, 6.45) is 9.15. The summed E-state index contributed by atoms with van der Waals surface area (Å²) in [5.41, 5.74) is 7.21. The number of hydrogen-bond acceptors (Lipinski definition) is 2. The predicted molar refractivity (Wildman–Crippen MR) is 75.8 cm³/mol. The molecule has 2 heteroatoms. The van der Waals surface area contributed by atoms with E-state index in [9.17, 15) is 0 Å². The lowest BCUT2D eigenvalue weighted by Crippen LogP contribution is -2.15. The van der Waals surface area contributed by atoms with E-state index in [1.54, 1.807) is 0 Å². The second-order valence-corrected chi connectivity index (χ2v) is 5.32. The van der Waals surface area contributed by atoms with Crippen molar-refractivity contribution in [3.63, 3.8) is 0 Å². The zero-order valence-electron chi connectivity index (χ0n) is 11.4. The smallest absolute Gasteiger partial charge is 0.119 e. The van der Waals surface area contributed by atoms with Crippen molar-refractivity contribution in [3.05, 3.63) is 29.8 Å². The van der Waals surface area contributed by atoms with E-state index in [1.165, 1.54) is 44.1 Å². The van der Waals surface area contributed by atoms with Crippen LogP contribution in [0.1, 0.15) is 63.5 Å². The third kappa shape index (κ3) is 3.74. The molecule has 1 aromatic rings. The first-order valence-electron chi connectivity index (χ1n) is 7.32. The quantitative estimate of drug-likeness (QED) is 0.809. The van der Waals surface area contributed by atoms with E-state index < -0.39 is 0 Å². The van der Waals surface area contributed by atoms with Crippen molar-refractivity contribution < 1.29 is 4.74 Å². The minimum absolute atomic E-state index is 0.150. The van der Waals surface area contributed by atoms with Crippen LogP contribution in [0.15, 0.2) is 24.3 Å². The van der Waals surface area contributed by atoms with Crippen molar-refractivity contribution in [1.82, 2.24) is 0 Å². The van der Waals surface area contributed by atoms with Gasteiger partial charge in [-0.1, -0.05) is 31.9 Å². The lowest BCUT2D eigenvalue weighted by molar-refractivity contribution is 0.183. The number of benzene rings is 1. The molecule has 2 rings (SSSR count). The number of rotatable bonds is 4. The van der Waals surface area contributed by atoms with E-state index in [0.29, 0.717) is 6.10 Å². The van der Waals surface area contributed by atoms with Crippen LogP contribution in [0.2, 0.25) is 0 Å². The summed E-state index contributed by atoms with van der Waals surface area (Å²) in [5, 5.41) is 0. The van der Waals surface area contributed by atoms with Crippen LogP contribution in [0.4, 0.5) is 0 Å². The summed E-state index contributed by atoms with van der Waals surface area (Å²) in [4.78, 5) is 0. The molecule has 2 N–H and O–H groups in total. The Hall–Kier alpha value is -1.02. The molecule has 0 radical (unpaired) electrons. The molecule has 0 heterocycles. The number of ether oxygens (including phenoxy) is 1. The van der Waals surface area contributed by atoms with Gasteiger partial charge in [-0.15, -0.1) is 0 Å². The van der Waals surface area contributed by atoms with Gasteiger partial charge < -0.3 is 10.5 Å². The van der Waals surface area contributed by atoms with Gasteiger partial charge >= 0.3 is 0 Å². The molecular weight excluding hydrogens is 222 g/mol. The van der Waals surface area contributed by atoms with Gasteiger partial charge in [0.25, 0.3) is 0 Å². The SMILES string of the molecule is CC[C@@H](N)c1ccc(OC2CCCCCC2)cc1. The normalized spacial score (nSPS) is 19.2. The van der Waals surface area contributed by atoms with Gasteiger partial charge in [0.1, 0.15) is 5.75 Å².